The molecule has 1 N–H and O–H groups in total. The molecule has 0 aliphatic carbocycles. The van der Waals surface area contributed by atoms with E-state index in [9.17, 15) is 4.79 Å². The fourth-order valence-corrected chi connectivity index (χ4v) is 2.66. The molecule has 1 aliphatic rings. The van der Waals surface area contributed by atoms with Crippen LogP contribution in [-0.4, -0.2) is 42.0 Å². The Morgan fingerprint density at radius 2 is 2.11 bits per heavy atom. The second-order valence-corrected chi connectivity index (χ2v) is 5.67. The van der Waals surface area contributed by atoms with Crippen LogP contribution in [-0.2, 0) is 0 Å². The van der Waals surface area contributed by atoms with E-state index >= 15 is 0 Å². The molecule has 19 heavy (non-hydrogen) atoms. The van der Waals surface area contributed by atoms with E-state index in [0.29, 0.717) is 16.8 Å². The van der Waals surface area contributed by atoms with Gasteiger partial charge in [-0.15, -0.1) is 0 Å². The number of hydrogen-bond donors (Lipinski definition) is 1. The van der Waals surface area contributed by atoms with Crippen molar-refractivity contribution in [2.24, 2.45) is 0 Å². The van der Waals surface area contributed by atoms with E-state index in [1.165, 1.54) is 32.4 Å². The first-order valence-corrected chi connectivity index (χ1v) is 7.68. The van der Waals surface area contributed by atoms with Crippen LogP contribution in [0.15, 0.2) is 22.8 Å². The Bertz CT molecular complexity index is 419. The molecule has 2 heterocycles. The summed E-state index contributed by atoms with van der Waals surface area (Å²) in [5, 5.41) is 2.92. The molecule has 1 aromatic rings. The van der Waals surface area contributed by atoms with Crippen LogP contribution in [0.5, 0.6) is 0 Å². The van der Waals surface area contributed by atoms with Crippen molar-refractivity contribution in [2.75, 3.05) is 26.2 Å². The van der Waals surface area contributed by atoms with Gasteiger partial charge in [-0.05, 0) is 67.0 Å². The molecule has 104 valence electrons. The van der Waals surface area contributed by atoms with Gasteiger partial charge in [0.2, 0.25) is 0 Å². The van der Waals surface area contributed by atoms with Crippen molar-refractivity contribution in [1.29, 1.82) is 0 Å². The summed E-state index contributed by atoms with van der Waals surface area (Å²) in [6.45, 7) is 4.21. The maximum atomic E-state index is 11.8. The van der Waals surface area contributed by atoms with Crippen LogP contribution in [0.4, 0.5) is 0 Å². The van der Waals surface area contributed by atoms with Crippen molar-refractivity contribution < 1.29 is 4.79 Å². The minimum Gasteiger partial charge on any atom is -0.351 e. The first kappa shape index (κ1) is 14.5. The zero-order valence-corrected chi connectivity index (χ0v) is 12.7. The van der Waals surface area contributed by atoms with Gasteiger partial charge in [0.05, 0.1) is 0 Å². The summed E-state index contributed by atoms with van der Waals surface area (Å²) < 4.78 is 0.688. The van der Waals surface area contributed by atoms with Crippen LogP contribution >= 0.6 is 15.9 Å². The van der Waals surface area contributed by atoms with E-state index in [1.54, 1.807) is 6.07 Å². The predicted octanol–water partition coefficient (Wildman–Crippen LogP) is 2.45. The number of amides is 1. The summed E-state index contributed by atoms with van der Waals surface area (Å²) in [6, 6.07) is 5.36. The smallest absolute Gasteiger partial charge is 0.269 e. The molecule has 0 spiro atoms. The Kier molecular flexibility index (Phi) is 5.79. The molecule has 0 saturated carbocycles. The number of nitrogens with zero attached hydrogens (tertiary/aromatic N) is 2. The maximum Gasteiger partial charge on any atom is 0.269 e. The molecule has 4 nitrogen and oxygen atoms in total. The highest BCUT2D eigenvalue weighted by Gasteiger charge is 2.10. The standard InChI is InChI=1S/C14H20BrN3O/c15-13-7-4-6-12(17-13)14(19)16-8-5-11-18-9-2-1-3-10-18/h4,6-7H,1-3,5,8-11H2,(H,16,19). The number of halogens is 1. The van der Waals surface area contributed by atoms with E-state index < -0.39 is 0 Å². The molecule has 1 fully saturated rings. The number of nitrogens with one attached hydrogen (secondary N) is 1. The highest BCUT2D eigenvalue weighted by molar-refractivity contribution is 9.10. The third-order valence-electron chi connectivity index (χ3n) is 3.33. The second-order valence-electron chi connectivity index (χ2n) is 4.86. The Morgan fingerprint density at radius 1 is 1.32 bits per heavy atom. The van der Waals surface area contributed by atoms with Gasteiger partial charge in [-0.25, -0.2) is 4.98 Å². The number of carbonyl (C=O) groups excluding carboxylic acids is 1. The minimum absolute atomic E-state index is 0.0973. The van der Waals surface area contributed by atoms with Gasteiger partial charge in [0, 0.05) is 6.54 Å². The summed E-state index contributed by atoms with van der Waals surface area (Å²) >= 11 is 3.27. The lowest BCUT2D eigenvalue weighted by Gasteiger charge is -2.26. The first-order chi connectivity index (χ1) is 9.25. The van der Waals surface area contributed by atoms with Gasteiger partial charge in [-0.2, -0.15) is 0 Å². The summed E-state index contributed by atoms with van der Waals surface area (Å²) in [5.74, 6) is -0.0973. The third kappa shape index (κ3) is 4.91. The molecule has 1 aliphatic heterocycles. The Hall–Kier alpha value is -0.940. The Morgan fingerprint density at radius 3 is 2.84 bits per heavy atom. The van der Waals surface area contributed by atoms with Crippen molar-refractivity contribution in [3.8, 4) is 0 Å². The molecule has 0 unspecified atom stereocenters. The SMILES string of the molecule is O=C(NCCCN1CCCCC1)c1cccc(Br)n1. The van der Waals surface area contributed by atoms with Crippen molar-refractivity contribution in [3.63, 3.8) is 0 Å². The number of aromatic nitrogens is 1. The van der Waals surface area contributed by atoms with Gasteiger partial charge in [0.25, 0.3) is 5.91 Å². The highest BCUT2D eigenvalue weighted by atomic mass is 79.9. The largest absolute Gasteiger partial charge is 0.351 e. The molecule has 1 amide bonds. The lowest BCUT2D eigenvalue weighted by molar-refractivity contribution is 0.0946. The van der Waals surface area contributed by atoms with E-state index in [0.717, 1.165) is 13.0 Å². The molecular weight excluding hydrogens is 306 g/mol. The van der Waals surface area contributed by atoms with E-state index in [1.807, 2.05) is 12.1 Å². The Labute approximate surface area is 122 Å². The summed E-state index contributed by atoms with van der Waals surface area (Å²) in [6.07, 6.45) is 4.99. The molecule has 0 aromatic carbocycles. The molecule has 0 atom stereocenters. The summed E-state index contributed by atoms with van der Waals surface area (Å²) in [7, 11) is 0. The molecule has 1 saturated heterocycles. The molecule has 2 rings (SSSR count). The highest BCUT2D eigenvalue weighted by Crippen LogP contribution is 2.08. The molecule has 1 aromatic heterocycles. The number of hydrogen-bond acceptors (Lipinski definition) is 3. The fraction of sp³-hybridized carbons (Fsp3) is 0.571. The van der Waals surface area contributed by atoms with Gasteiger partial charge < -0.3 is 10.2 Å². The number of likely N-dealkylation sites (tertiary alicyclic amines) is 1. The molecule has 0 bridgehead atoms. The number of rotatable bonds is 5. The third-order valence-corrected chi connectivity index (χ3v) is 3.77. The van der Waals surface area contributed by atoms with Crippen LogP contribution in [0.3, 0.4) is 0 Å². The lowest BCUT2D eigenvalue weighted by Crippen LogP contribution is -2.33. The van der Waals surface area contributed by atoms with Gasteiger partial charge >= 0.3 is 0 Å². The van der Waals surface area contributed by atoms with Crippen molar-refractivity contribution in [3.05, 3.63) is 28.5 Å². The number of pyridine rings is 1. The van der Waals surface area contributed by atoms with Crippen LogP contribution < -0.4 is 5.32 Å². The van der Waals surface area contributed by atoms with E-state index in [2.05, 4.69) is 31.1 Å². The van der Waals surface area contributed by atoms with Crippen LogP contribution in [0.1, 0.15) is 36.2 Å². The predicted molar refractivity (Wildman–Crippen MR) is 79.2 cm³/mol. The normalized spacial score (nSPS) is 16.3. The van der Waals surface area contributed by atoms with Gasteiger partial charge in [0.15, 0.2) is 0 Å². The van der Waals surface area contributed by atoms with Gasteiger partial charge in [-0.3, -0.25) is 4.79 Å². The number of carbonyl (C=O) groups is 1. The monoisotopic (exact) mass is 325 g/mol. The van der Waals surface area contributed by atoms with Crippen molar-refractivity contribution in [2.45, 2.75) is 25.7 Å². The average Bonchev–Trinajstić information content (AvgIpc) is 2.44. The van der Waals surface area contributed by atoms with Crippen molar-refractivity contribution >= 4 is 21.8 Å². The van der Waals surface area contributed by atoms with Crippen LogP contribution in [0, 0.1) is 0 Å². The summed E-state index contributed by atoms with van der Waals surface area (Å²) in [5.41, 5.74) is 0.465. The second kappa shape index (κ2) is 7.60. The fourth-order valence-electron chi connectivity index (χ4n) is 2.31. The Balaban J connectivity index is 1.66. The van der Waals surface area contributed by atoms with Crippen LogP contribution in [0.2, 0.25) is 0 Å². The zero-order valence-electron chi connectivity index (χ0n) is 11.1. The summed E-state index contributed by atoms with van der Waals surface area (Å²) in [4.78, 5) is 18.5. The topological polar surface area (TPSA) is 45.2 Å². The van der Waals surface area contributed by atoms with E-state index in [-0.39, 0.29) is 5.91 Å². The zero-order chi connectivity index (χ0) is 13.5. The molecule has 5 heteroatoms. The lowest BCUT2D eigenvalue weighted by atomic mass is 10.1. The van der Waals surface area contributed by atoms with E-state index in [4.69, 9.17) is 0 Å². The minimum atomic E-state index is -0.0973. The molecular formula is C14H20BrN3O. The maximum absolute atomic E-state index is 11.8. The van der Waals surface area contributed by atoms with Crippen LogP contribution in [0.25, 0.3) is 0 Å². The van der Waals surface area contributed by atoms with Crippen molar-refractivity contribution in [1.82, 2.24) is 15.2 Å². The van der Waals surface area contributed by atoms with Gasteiger partial charge in [-0.1, -0.05) is 12.5 Å². The van der Waals surface area contributed by atoms with Gasteiger partial charge in [0.1, 0.15) is 10.3 Å². The average molecular weight is 326 g/mol. The quantitative estimate of drug-likeness (QED) is 0.668. The first-order valence-electron chi connectivity index (χ1n) is 6.89. The number of piperidine rings is 1. The molecule has 0 radical (unpaired) electrons.